The van der Waals surface area contributed by atoms with Gasteiger partial charge in [-0.05, 0) is 6.42 Å². The minimum Gasteiger partial charge on any atom is -0.464 e. The molecule has 1 aliphatic rings. The quantitative estimate of drug-likeness (QED) is 0.642. The number of hydrogen-bond acceptors (Lipinski definition) is 3. The van der Waals surface area contributed by atoms with Crippen molar-refractivity contribution in [2.24, 2.45) is 0 Å². The molecule has 0 unspecified atom stereocenters. The zero-order valence-electron chi connectivity index (χ0n) is 7.21. The van der Waals surface area contributed by atoms with Gasteiger partial charge in [0.25, 0.3) is 0 Å². The van der Waals surface area contributed by atoms with Crippen molar-refractivity contribution < 1.29 is 9.53 Å². The van der Waals surface area contributed by atoms with Crippen LogP contribution in [0, 0.1) is 0 Å². The number of imidazole rings is 1. The number of esters is 1. The third-order valence-corrected chi connectivity index (χ3v) is 2.53. The summed E-state index contributed by atoms with van der Waals surface area (Å²) in [5.74, 6) is 0.414. The third kappa shape index (κ3) is 1.21. The minimum absolute atomic E-state index is 0.235. The molecule has 4 nitrogen and oxygen atoms in total. The number of nitrogens with zero attached hydrogens (tertiary/aromatic N) is 2. The highest BCUT2D eigenvalue weighted by Gasteiger charge is 2.24. The smallest absolute Gasteiger partial charge is 0.359 e. The molecule has 70 valence electrons. The molecule has 0 saturated heterocycles. The Kier molecular flexibility index (Phi) is 2.00. The summed E-state index contributed by atoms with van der Waals surface area (Å²) in [6, 6.07) is 0. The molecule has 13 heavy (non-hydrogen) atoms. The van der Waals surface area contributed by atoms with Crippen molar-refractivity contribution in [2.45, 2.75) is 19.4 Å². The largest absolute Gasteiger partial charge is 0.464 e. The summed E-state index contributed by atoms with van der Waals surface area (Å²) in [5, 5.41) is 0.402. The Morgan fingerprint density at radius 1 is 1.69 bits per heavy atom. The van der Waals surface area contributed by atoms with Gasteiger partial charge in [-0.3, -0.25) is 0 Å². The molecular weight excluding hydrogens is 192 g/mol. The number of halogens is 1. The molecule has 0 bridgehead atoms. The first-order chi connectivity index (χ1) is 6.24. The first-order valence-corrected chi connectivity index (χ1v) is 4.45. The fraction of sp³-hybridized carbons (Fsp3) is 0.500. The van der Waals surface area contributed by atoms with E-state index in [0.717, 1.165) is 25.2 Å². The molecular formula is C8H9ClN2O2. The molecule has 0 aromatic carbocycles. The van der Waals surface area contributed by atoms with Gasteiger partial charge in [0.1, 0.15) is 11.0 Å². The normalized spacial score (nSPS) is 14.3. The van der Waals surface area contributed by atoms with Crippen molar-refractivity contribution in [1.29, 1.82) is 0 Å². The van der Waals surface area contributed by atoms with E-state index >= 15 is 0 Å². The summed E-state index contributed by atoms with van der Waals surface area (Å²) in [5.41, 5.74) is 0.235. The minimum atomic E-state index is -0.466. The molecule has 1 aromatic heterocycles. The van der Waals surface area contributed by atoms with E-state index in [-0.39, 0.29) is 5.69 Å². The van der Waals surface area contributed by atoms with Crippen LogP contribution in [0.5, 0.6) is 0 Å². The van der Waals surface area contributed by atoms with Crippen LogP contribution in [0.15, 0.2) is 0 Å². The van der Waals surface area contributed by atoms with Crippen LogP contribution < -0.4 is 0 Å². The van der Waals surface area contributed by atoms with Crippen LogP contribution in [0.2, 0.25) is 5.15 Å². The highest BCUT2D eigenvalue weighted by atomic mass is 35.5. The Bertz CT molecular complexity index is 359. The lowest BCUT2D eigenvalue weighted by atomic mass is 10.3. The topological polar surface area (TPSA) is 44.1 Å². The fourth-order valence-corrected chi connectivity index (χ4v) is 1.82. The molecule has 1 aromatic rings. The number of carbonyl (C=O) groups excluding carboxylic acids is 1. The molecule has 0 fully saturated rings. The fourth-order valence-electron chi connectivity index (χ4n) is 1.52. The average Bonchev–Trinajstić information content (AvgIpc) is 2.68. The van der Waals surface area contributed by atoms with E-state index in [1.165, 1.54) is 7.11 Å². The molecule has 0 N–H and O–H groups in total. The molecule has 0 aliphatic carbocycles. The Morgan fingerprint density at radius 3 is 3.08 bits per heavy atom. The lowest BCUT2D eigenvalue weighted by molar-refractivity contribution is 0.0594. The van der Waals surface area contributed by atoms with Gasteiger partial charge in [-0.2, -0.15) is 0 Å². The number of aryl methyl sites for hydroxylation is 1. The third-order valence-electron chi connectivity index (χ3n) is 2.15. The first-order valence-electron chi connectivity index (χ1n) is 4.07. The molecule has 0 spiro atoms. The molecule has 2 heterocycles. The lowest BCUT2D eigenvalue weighted by Gasteiger charge is -1.97. The number of methoxy groups -OCH3 is 1. The van der Waals surface area contributed by atoms with Crippen molar-refractivity contribution in [1.82, 2.24) is 9.55 Å². The van der Waals surface area contributed by atoms with Crippen LogP contribution in [0.4, 0.5) is 0 Å². The lowest BCUT2D eigenvalue weighted by Crippen LogP contribution is -2.03. The number of ether oxygens (including phenoxy) is 1. The van der Waals surface area contributed by atoms with Crippen molar-refractivity contribution in [3.05, 3.63) is 16.7 Å². The number of rotatable bonds is 1. The second kappa shape index (κ2) is 3.03. The van der Waals surface area contributed by atoms with Gasteiger partial charge < -0.3 is 9.30 Å². The predicted octanol–water partition coefficient (Wildman–Crippen LogP) is 1.27. The monoisotopic (exact) mass is 200 g/mol. The molecule has 0 atom stereocenters. The molecule has 1 aliphatic heterocycles. The Balaban J connectivity index is 2.44. The van der Waals surface area contributed by atoms with Gasteiger partial charge in [0.2, 0.25) is 0 Å². The van der Waals surface area contributed by atoms with Gasteiger partial charge in [0.05, 0.1) is 7.11 Å². The van der Waals surface area contributed by atoms with E-state index in [2.05, 4.69) is 9.72 Å². The highest BCUT2D eigenvalue weighted by molar-refractivity contribution is 6.32. The Hall–Kier alpha value is -1.03. The summed E-state index contributed by atoms with van der Waals surface area (Å²) in [7, 11) is 1.32. The Morgan fingerprint density at radius 2 is 2.46 bits per heavy atom. The number of fused-ring (bicyclic) bond motifs is 1. The second-order valence-electron chi connectivity index (χ2n) is 2.91. The van der Waals surface area contributed by atoms with E-state index in [4.69, 9.17) is 11.6 Å². The van der Waals surface area contributed by atoms with Gasteiger partial charge in [0, 0.05) is 13.0 Å². The van der Waals surface area contributed by atoms with Gasteiger partial charge >= 0.3 is 5.97 Å². The summed E-state index contributed by atoms with van der Waals surface area (Å²) in [6.07, 6.45) is 1.93. The number of aromatic nitrogens is 2. The van der Waals surface area contributed by atoms with Crippen molar-refractivity contribution in [2.75, 3.05) is 7.11 Å². The molecule has 0 radical (unpaired) electrons. The standard InChI is InChI=1S/C8H9ClN2O2/c1-13-8(12)6-7(9)11-4-2-3-5(11)10-6/h2-4H2,1H3. The molecule has 0 saturated carbocycles. The van der Waals surface area contributed by atoms with E-state index in [1.54, 1.807) is 0 Å². The number of hydrogen-bond donors (Lipinski definition) is 0. The van der Waals surface area contributed by atoms with E-state index in [9.17, 15) is 4.79 Å². The summed E-state index contributed by atoms with van der Waals surface area (Å²) >= 11 is 5.94. The van der Waals surface area contributed by atoms with Gasteiger partial charge in [-0.1, -0.05) is 11.6 Å². The van der Waals surface area contributed by atoms with Crippen LogP contribution >= 0.6 is 11.6 Å². The maximum Gasteiger partial charge on any atom is 0.359 e. The second-order valence-corrected chi connectivity index (χ2v) is 3.27. The zero-order valence-corrected chi connectivity index (χ0v) is 7.97. The van der Waals surface area contributed by atoms with Crippen LogP contribution in [-0.2, 0) is 17.7 Å². The Labute approximate surface area is 80.5 Å². The van der Waals surface area contributed by atoms with Crippen LogP contribution in [0.3, 0.4) is 0 Å². The van der Waals surface area contributed by atoms with E-state index in [0.29, 0.717) is 5.15 Å². The summed E-state index contributed by atoms with van der Waals surface area (Å²) in [6.45, 7) is 0.845. The van der Waals surface area contributed by atoms with Gasteiger partial charge in [0.15, 0.2) is 5.69 Å². The predicted molar refractivity (Wildman–Crippen MR) is 46.9 cm³/mol. The van der Waals surface area contributed by atoms with E-state index in [1.807, 2.05) is 4.57 Å². The van der Waals surface area contributed by atoms with Crippen LogP contribution in [-0.4, -0.2) is 22.6 Å². The molecule has 0 amide bonds. The first kappa shape index (κ1) is 8.56. The van der Waals surface area contributed by atoms with E-state index < -0.39 is 5.97 Å². The van der Waals surface area contributed by atoms with Crippen LogP contribution in [0.1, 0.15) is 22.7 Å². The molecule has 5 heteroatoms. The summed E-state index contributed by atoms with van der Waals surface area (Å²) < 4.78 is 6.41. The zero-order chi connectivity index (χ0) is 9.42. The van der Waals surface area contributed by atoms with Crippen LogP contribution in [0.25, 0.3) is 0 Å². The van der Waals surface area contributed by atoms with Crippen molar-refractivity contribution >= 4 is 17.6 Å². The van der Waals surface area contributed by atoms with Gasteiger partial charge in [-0.15, -0.1) is 0 Å². The summed E-state index contributed by atoms with van der Waals surface area (Å²) in [4.78, 5) is 15.3. The van der Waals surface area contributed by atoms with Gasteiger partial charge in [-0.25, -0.2) is 9.78 Å². The molecule has 2 rings (SSSR count). The van der Waals surface area contributed by atoms with Crippen molar-refractivity contribution in [3.63, 3.8) is 0 Å². The van der Waals surface area contributed by atoms with Crippen molar-refractivity contribution in [3.8, 4) is 0 Å². The maximum atomic E-state index is 11.2. The maximum absolute atomic E-state index is 11.2. The average molecular weight is 201 g/mol. The number of carbonyl (C=O) groups is 1. The SMILES string of the molecule is COC(=O)c1nc2n(c1Cl)CCC2. The highest BCUT2D eigenvalue weighted by Crippen LogP contribution is 2.24.